The average molecular weight is 401 g/mol. The molecule has 1 amide bonds. The smallest absolute Gasteiger partial charge is 0.297 e. The van der Waals surface area contributed by atoms with E-state index in [4.69, 9.17) is 0 Å². The predicted octanol–water partition coefficient (Wildman–Crippen LogP) is 2.57. The van der Waals surface area contributed by atoms with Crippen molar-refractivity contribution in [3.63, 3.8) is 0 Å². The predicted molar refractivity (Wildman–Crippen MR) is 112 cm³/mol. The number of pyridine rings is 1. The zero-order valence-electron chi connectivity index (χ0n) is 15.9. The highest BCUT2D eigenvalue weighted by Crippen LogP contribution is 2.19. The van der Waals surface area contributed by atoms with Gasteiger partial charge in [0, 0.05) is 13.1 Å². The summed E-state index contributed by atoms with van der Waals surface area (Å²) in [5.74, 6) is -0.185. The van der Waals surface area contributed by atoms with Crippen LogP contribution in [0.25, 0.3) is 11.0 Å². The largest absolute Gasteiger partial charge is 0.423 e. The van der Waals surface area contributed by atoms with Gasteiger partial charge in [0.1, 0.15) is 17.7 Å². The molecule has 0 atom stereocenters. The quantitative estimate of drug-likeness (QED) is 0.429. The van der Waals surface area contributed by atoms with Gasteiger partial charge in [-0.15, -0.1) is 4.73 Å². The van der Waals surface area contributed by atoms with Crippen LogP contribution in [0.4, 0.5) is 5.82 Å². The first kappa shape index (κ1) is 19.1. The Labute approximate surface area is 171 Å². The van der Waals surface area contributed by atoms with Gasteiger partial charge in [-0.2, -0.15) is 0 Å². The fourth-order valence-corrected chi connectivity index (χ4v) is 3.06. The number of hydrogen-bond donors (Lipinski definition) is 3. The van der Waals surface area contributed by atoms with Gasteiger partial charge in [-0.3, -0.25) is 9.59 Å². The Hall–Kier alpha value is -4.20. The van der Waals surface area contributed by atoms with Crippen molar-refractivity contribution in [2.45, 2.75) is 13.1 Å². The number of anilines is 1. The summed E-state index contributed by atoms with van der Waals surface area (Å²) in [6, 6.07) is 20.4. The fraction of sp³-hybridized carbons (Fsp3) is 0.0909. The number of fused-ring (bicyclic) bond motifs is 1. The van der Waals surface area contributed by atoms with E-state index in [1.165, 1.54) is 12.4 Å². The van der Waals surface area contributed by atoms with Gasteiger partial charge >= 0.3 is 0 Å². The number of rotatable bonds is 6. The SMILES string of the molecule is O=C(NCc1ccccc1)c1cc2c(NCc3ccccc3)ncnc2n(O)c1=O. The molecule has 3 N–H and O–H groups in total. The summed E-state index contributed by atoms with van der Waals surface area (Å²) in [7, 11) is 0. The summed E-state index contributed by atoms with van der Waals surface area (Å²) in [5, 5.41) is 16.5. The first-order chi connectivity index (χ1) is 14.6. The van der Waals surface area contributed by atoms with E-state index in [1.54, 1.807) is 0 Å². The minimum absolute atomic E-state index is 0.0187. The maximum atomic E-state index is 12.6. The van der Waals surface area contributed by atoms with Crippen LogP contribution in [0.15, 0.2) is 77.9 Å². The second-order valence-corrected chi connectivity index (χ2v) is 6.64. The molecular formula is C22H19N5O3. The van der Waals surface area contributed by atoms with Crippen LogP contribution in [0.1, 0.15) is 21.5 Å². The number of hydrogen-bond acceptors (Lipinski definition) is 6. The van der Waals surface area contributed by atoms with Gasteiger partial charge in [0.25, 0.3) is 11.5 Å². The van der Waals surface area contributed by atoms with Crippen molar-refractivity contribution in [1.82, 2.24) is 20.0 Å². The van der Waals surface area contributed by atoms with Crippen molar-refractivity contribution in [2.24, 2.45) is 0 Å². The molecule has 0 aliphatic heterocycles. The minimum atomic E-state index is -0.847. The summed E-state index contributed by atoms with van der Waals surface area (Å²) >= 11 is 0. The standard InChI is InChI=1S/C22H19N5O3/c28-21(24-13-16-9-5-2-6-10-16)18-11-17-19(23-12-15-7-3-1-4-8-15)25-14-26-20(17)27(30)22(18)29/h1-11,14,30H,12-13H2,(H,24,28)(H,23,25,26). The van der Waals surface area contributed by atoms with Gasteiger partial charge in [-0.25, -0.2) is 9.97 Å². The molecule has 0 aliphatic carbocycles. The first-order valence-electron chi connectivity index (χ1n) is 9.33. The highest BCUT2D eigenvalue weighted by atomic mass is 16.5. The lowest BCUT2D eigenvalue weighted by Gasteiger charge is -2.11. The number of carbonyl (C=O) groups is 1. The van der Waals surface area contributed by atoms with Gasteiger partial charge in [-0.1, -0.05) is 60.7 Å². The molecule has 2 aromatic heterocycles. The lowest BCUT2D eigenvalue weighted by atomic mass is 10.1. The third-order valence-corrected chi connectivity index (χ3v) is 4.62. The van der Waals surface area contributed by atoms with Crippen LogP contribution in [-0.2, 0) is 13.1 Å². The summed E-state index contributed by atoms with van der Waals surface area (Å²) in [4.78, 5) is 33.3. The van der Waals surface area contributed by atoms with Gasteiger partial charge in [0.2, 0.25) is 0 Å². The number of nitrogens with zero attached hydrogens (tertiary/aromatic N) is 3. The molecule has 2 heterocycles. The Morgan fingerprint density at radius 2 is 1.57 bits per heavy atom. The molecule has 0 spiro atoms. The van der Waals surface area contributed by atoms with Crippen LogP contribution in [-0.4, -0.2) is 25.8 Å². The zero-order chi connectivity index (χ0) is 20.9. The van der Waals surface area contributed by atoms with Crippen LogP contribution in [0.3, 0.4) is 0 Å². The molecule has 4 aromatic rings. The zero-order valence-corrected chi connectivity index (χ0v) is 15.9. The third-order valence-electron chi connectivity index (χ3n) is 4.62. The molecule has 0 radical (unpaired) electrons. The molecule has 150 valence electrons. The van der Waals surface area contributed by atoms with E-state index < -0.39 is 11.5 Å². The molecule has 0 saturated carbocycles. The molecule has 8 heteroatoms. The second-order valence-electron chi connectivity index (χ2n) is 6.64. The van der Waals surface area contributed by atoms with Crippen LogP contribution < -0.4 is 16.2 Å². The van der Waals surface area contributed by atoms with E-state index in [2.05, 4.69) is 20.6 Å². The minimum Gasteiger partial charge on any atom is -0.423 e. The Morgan fingerprint density at radius 1 is 0.933 bits per heavy atom. The summed E-state index contributed by atoms with van der Waals surface area (Å²) in [5.41, 5.74) is 0.899. The molecule has 30 heavy (non-hydrogen) atoms. The summed E-state index contributed by atoms with van der Waals surface area (Å²) < 4.78 is 0.377. The molecular weight excluding hydrogens is 382 g/mol. The number of carbonyl (C=O) groups excluding carboxylic acids is 1. The van der Waals surface area contributed by atoms with Crippen molar-refractivity contribution < 1.29 is 10.0 Å². The lowest BCUT2D eigenvalue weighted by molar-refractivity contribution is 0.0943. The lowest BCUT2D eigenvalue weighted by Crippen LogP contribution is -2.32. The molecule has 8 nitrogen and oxygen atoms in total. The van der Waals surface area contributed by atoms with E-state index in [1.807, 2.05) is 60.7 Å². The normalized spacial score (nSPS) is 10.7. The molecule has 0 unspecified atom stereocenters. The molecule has 0 saturated heterocycles. The van der Waals surface area contributed by atoms with Crippen molar-refractivity contribution in [3.8, 4) is 0 Å². The Kier molecular flexibility index (Phi) is 5.38. The first-order valence-corrected chi connectivity index (χ1v) is 9.33. The summed E-state index contributed by atoms with van der Waals surface area (Å²) in [6.45, 7) is 0.736. The number of aromatic nitrogens is 3. The Balaban J connectivity index is 1.64. The topological polar surface area (TPSA) is 109 Å². The maximum absolute atomic E-state index is 12.6. The van der Waals surface area contributed by atoms with Gasteiger partial charge in [0.05, 0.1) is 5.39 Å². The third kappa shape index (κ3) is 3.97. The second kappa shape index (κ2) is 8.44. The van der Waals surface area contributed by atoms with E-state index in [0.29, 0.717) is 22.5 Å². The van der Waals surface area contributed by atoms with Crippen LogP contribution >= 0.6 is 0 Å². The van der Waals surface area contributed by atoms with Gasteiger partial charge < -0.3 is 15.8 Å². The van der Waals surface area contributed by atoms with Crippen LogP contribution in [0, 0.1) is 0 Å². The number of nitrogens with one attached hydrogen (secondary N) is 2. The molecule has 0 bridgehead atoms. The van der Waals surface area contributed by atoms with Crippen LogP contribution in [0.2, 0.25) is 0 Å². The molecule has 4 rings (SSSR count). The summed E-state index contributed by atoms with van der Waals surface area (Å²) in [6.07, 6.45) is 1.25. The van der Waals surface area contributed by atoms with Crippen molar-refractivity contribution in [2.75, 3.05) is 5.32 Å². The van der Waals surface area contributed by atoms with E-state index in [9.17, 15) is 14.8 Å². The van der Waals surface area contributed by atoms with Crippen molar-refractivity contribution >= 4 is 22.8 Å². The highest BCUT2D eigenvalue weighted by Gasteiger charge is 2.18. The average Bonchev–Trinajstić information content (AvgIpc) is 2.79. The van der Waals surface area contributed by atoms with E-state index in [0.717, 1.165) is 11.1 Å². The Bertz CT molecular complexity index is 1240. The highest BCUT2D eigenvalue weighted by molar-refractivity contribution is 5.98. The fourth-order valence-electron chi connectivity index (χ4n) is 3.06. The van der Waals surface area contributed by atoms with Gasteiger partial charge in [-0.05, 0) is 17.2 Å². The number of benzene rings is 2. The van der Waals surface area contributed by atoms with E-state index >= 15 is 0 Å². The molecule has 0 aliphatic rings. The van der Waals surface area contributed by atoms with Crippen LogP contribution in [0.5, 0.6) is 0 Å². The van der Waals surface area contributed by atoms with Crippen molar-refractivity contribution in [3.05, 3.63) is 100 Å². The van der Waals surface area contributed by atoms with Gasteiger partial charge in [0.15, 0.2) is 5.65 Å². The Morgan fingerprint density at radius 3 is 2.23 bits per heavy atom. The van der Waals surface area contributed by atoms with Crippen molar-refractivity contribution in [1.29, 1.82) is 0 Å². The number of amides is 1. The monoisotopic (exact) mass is 401 g/mol. The molecule has 2 aromatic carbocycles. The van der Waals surface area contributed by atoms with E-state index in [-0.39, 0.29) is 17.8 Å². The molecule has 0 fully saturated rings. The maximum Gasteiger partial charge on any atom is 0.297 e.